The molecule has 2 heterocycles. The van der Waals surface area contributed by atoms with Gasteiger partial charge in [0.05, 0.1) is 38.4 Å². The lowest BCUT2D eigenvalue weighted by Gasteiger charge is -2.42. The van der Waals surface area contributed by atoms with Crippen LogP contribution in [0.4, 0.5) is 0 Å². The Kier molecular flexibility index (Phi) is 9.42. The van der Waals surface area contributed by atoms with E-state index in [2.05, 4.69) is 26.8 Å². The molecule has 0 aromatic heterocycles. The van der Waals surface area contributed by atoms with E-state index in [9.17, 15) is 4.79 Å². The number of hydrogen-bond donors (Lipinski definition) is 0. The van der Waals surface area contributed by atoms with Crippen LogP contribution >= 0.6 is 0 Å². The second-order valence-corrected chi connectivity index (χ2v) is 11.4. The minimum absolute atomic E-state index is 0.0120. The van der Waals surface area contributed by atoms with E-state index in [1.165, 1.54) is 11.6 Å². The van der Waals surface area contributed by atoms with Gasteiger partial charge in [-0.3, -0.25) is 0 Å². The van der Waals surface area contributed by atoms with Crippen LogP contribution in [0.5, 0.6) is 11.5 Å². The van der Waals surface area contributed by atoms with Crippen molar-refractivity contribution < 1.29 is 38.0 Å². The van der Waals surface area contributed by atoms with E-state index in [-0.39, 0.29) is 41.5 Å². The van der Waals surface area contributed by atoms with Crippen LogP contribution in [0.1, 0.15) is 59.4 Å². The molecular weight excluding hydrogens is 500 g/mol. The molecule has 0 amide bonds. The summed E-state index contributed by atoms with van der Waals surface area (Å²) in [6.45, 7) is 11.8. The lowest BCUT2D eigenvalue weighted by atomic mass is 9.68. The number of allylic oxidation sites excluding steroid dienone is 1. The normalized spacial score (nSPS) is 31.4. The number of hydrogen-bond acceptors (Lipinski definition) is 8. The van der Waals surface area contributed by atoms with Crippen LogP contribution in [0, 0.1) is 5.92 Å². The van der Waals surface area contributed by atoms with Gasteiger partial charge in [0, 0.05) is 13.2 Å². The lowest BCUT2D eigenvalue weighted by molar-refractivity contribution is -0.166. The number of esters is 1. The Labute approximate surface area is 232 Å². The average molecular weight is 545 g/mol. The topological polar surface area (TPSA) is 88.3 Å². The standard InChI is InChI=1S/C31H44O8/c1-20(2)8-12-26-30(5,39-26)29-28(34-7)24(14-15-31(29)19-37-31)38-27(32)13-10-22-9-11-23(33-6)25(18-22)36-17-16-35-21(3)4/h8-11,13,18,21,24,26,28-29H,12,14-17,19H2,1-7H3/b13-10+/t24-,26?,28-,29?,30?,31?/m1/s1. The highest BCUT2D eigenvalue weighted by Gasteiger charge is 2.72. The Morgan fingerprint density at radius 3 is 2.59 bits per heavy atom. The van der Waals surface area contributed by atoms with Gasteiger partial charge in [-0.25, -0.2) is 4.79 Å². The summed E-state index contributed by atoms with van der Waals surface area (Å²) in [5, 5.41) is 0. The van der Waals surface area contributed by atoms with Gasteiger partial charge in [0.15, 0.2) is 11.5 Å². The molecule has 1 aromatic carbocycles. The fourth-order valence-corrected chi connectivity index (χ4v) is 5.77. The van der Waals surface area contributed by atoms with Gasteiger partial charge < -0.3 is 33.2 Å². The fourth-order valence-electron chi connectivity index (χ4n) is 5.77. The molecule has 3 aliphatic rings. The van der Waals surface area contributed by atoms with E-state index < -0.39 is 5.97 Å². The van der Waals surface area contributed by atoms with Gasteiger partial charge in [-0.05, 0) is 77.7 Å². The van der Waals surface area contributed by atoms with Crippen LogP contribution in [0.2, 0.25) is 0 Å². The van der Waals surface area contributed by atoms with Crippen molar-refractivity contribution in [2.45, 2.75) is 89.5 Å². The van der Waals surface area contributed by atoms with Crippen molar-refractivity contribution >= 4 is 12.0 Å². The second kappa shape index (κ2) is 12.4. The van der Waals surface area contributed by atoms with Gasteiger partial charge in [0.1, 0.15) is 30.0 Å². The predicted octanol–water partition coefficient (Wildman–Crippen LogP) is 5.13. The zero-order valence-electron chi connectivity index (χ0n) is 24.4. The molecule has 1 aromatic rings. The van der Waals surface area contributed by atoms with E-state index in [1.54, 1.807) is 20.3 Å². The van der Waals surface area contributed by atoms with Gasteiger partial charge in [-0.2, -0.15) is 0 Å². The SMILES string of the molecule is COc1ccc(/C=C/C(=O)O[C@@H]2CCC3(CO3)C(C3(C)OC3CC=C(C)C)[C@@H]2OC)cc1OCCOC(C)C. The first-order chi connectivity index (χ1) is 18.6. The summed E-state index contributed by atoms with van der Waals surface area (Å²) in [5.41, 5.74) is 1.44. The molecule has 1 saturated carbocycles. The van der Waals surface area contributed by atoms with Crippen LogP contribution in [-0.4, -0.2) is 75.6 Å². The van der Waals surface area contributed by atoms with Gasteiger partial charge in [-0.1, -0.05) is 17.7 Å². The number of epoxide rings is 2. The summed E-state index contributed by atoms with van der Waals surface area (Å²) < 4.78 is 41.0. The van der Waals surface area contributed by atoms with Crippen molar-refractivity contribution in [3.05, 3.63) is 41.5 Å². The van der Waals surface area contributed by atoms with Gasteiger partial charge in [0.25, 0.3) is 0 Å². The third-order valence-electron chi connectivity index (χ3n) is 7.90. The molecular formula is C31H44O8. The number of ether oxygens (including phenoxy) is 7. The quantitative estimate of drug-likeness (QED) is 0.111. The number of rotatable bonds is 13. The highest BCUT2D eigenvalue weighted by molar-refractivity contribution is 5.87. The Morgan fingerprint density at radius 1 is 1.18 bits per heavy atom. The Hall–Kier alpha value is -2.39. The summed E-state index contributed by atoms with van der Waals surface area (Å²) in [5.74, 6) is 0.775. The first kappa shape index (κ1) is 29.6. The Balaban J connectivity index is 1.39. The monoisotopic (exact) mass is 544 g/mol. The molecule has 6 atom stereocenters. The third kappa shape index (κ3) is 7.04. The van der Waals surface area contributed by atoms with Crippen molar-refractivity contribution in [2.75, 3.05) is 34.0 Å². The molecule has 1 aliphatic carbocycles. The molecule has 0 N–H and O–H groups in total. The smallest absolute Gasteiger partial charge is 0.331 e. The molecule has 4 rings (SSSR count). The maximum Gasteiger partial charge on any atom is 0.331 e. The molecule has 1 spiro atoms. The van der Waals surface area contributed by atoms with Gasteiger partial charge >= 0.3 is 5.97 Å². The fraction of sp³-hybridized carbons (Fsp3) is 0.645. The van der Waals surface area contributed by atoms with Crippen molar-refractivity contribution in [3.8, 4) is 11.5 Å². The maximum atomic E-state index is 12.9. The molecule has 2 aliphatic heterocycles. The lowest BCUT2D eigenvalue weighted by Crippen LogP contribution is -2.55. The Morgan fingerprint density at radius 2 is 1.95 bits per heavy atom. The minimum Gasteiger partial charge on any atom is -0.493 e. The zero-order valence-corrected chi connectivity index (χ0v) is 24.4. The maximum absolute atomic E-state index is 12.9. The number of carbonyl (C=O) groups excluding carboxylic acids is 1. The summed E-state index contributed by atoms with van der Waals surface area (Å²) in [4.78, 5) is 12.9. The molecule has 216 valence electrons. The molecule has 2 saturated heterocycles. The summed E-state index contributed by atoms with van der Waals surface area (Å²) in [7, 11) is 3.27. The van der Waals surface area contributed by atoms with E-state index in [0.29, 0.717) is 37.7 Å². The molecule has 39 heavy (non-hydrogen) atoms. The van der Waals surface area contributed by atoms with Gasteiger partial charge in [0.2, 0.25) is 0 Å². The van der Waals surface area contributed by atoms with Crippen molar-refractivity contribution in [2.24, 2.45) is 5.92 Å². The molecule has 3 fully saturated rings. The first-order valence-electron chi connectivity index (χ1n) is 13.9. The summed E-state index contributed by atoms with van der Waals surface area (Å²) in [6.07, 6.45) is 7.27. The highest BCUT2D eigenvalue weighted by Crippen LogP contribution is 2.59. The number of methoxy groups -OCH3 is 2. The van der Waals surface area contributed by atoms with E-state index >= 15 is 0 Å². The van der Waals surface area contributed by atoms with E-state index in [1.807, 2.05) is 32.0 Å². The summed E-state index contributed by atoms with van der Waals surface area (Å²) in [6, 6.07) is 5.51. The second-order valence-electron chi connectivity index (χ2n) is 11.4. The average Bonchev–Trinajstić information content (AvgIpc) is 3.82. The Bertz CT molecular complexity index is 1050. The largest absolute Gasteiger partial charge is 0.493 e. The van der Waals surface area contributed by atoms with Crippen LogP contribution in [0.25, 0.3) is 6.08 Å². The summed E-state index contributed by atoms with van der Waals surface area (Å²) >= 11 is 0. The molecule has 0 radical (unpaired) electrons. The number of carbonyl (C=O) groups is 1. The molecule has 8 heteroatoms. The van der Waals surface area contributed by atoms with Crippen LogP contribution < -0.4 is 9.47 Å². The highest BCUT2D eigenvalue weighted by atomic mass is 16.6. The van der Waals surface area contributed by atoms with E-state index in [4.69, 9.17) is 33.2 Å². The minimum atomic E-state index is -0.417. The zero-order chi connectivity index (χ0) is 28.2. The predicted molar refractivity (Wildman–Crippen MR) is 148 cm³/mol. The van der Waals surface area contributed by atoms with Crippen LogP contribution in [-0.2, 0) is 28.5 Å². The third-order valence-corrected chi connectivity index (χ3v) is 7.90. The molecule has 8 nitrogen and oxygen atoms in total. The molecule has 0 bridgehead atoms. The van der Waals surface area contributed by atoms with Crippen molar-refractivity contribution in [1.29, 1.82) is 0 Å². The van der Waals surface area contributed by atoms with Crippen LogP contribution in [0.3, 0.4) is 0 Å². The van der Waals surface area contributed by atoms with E-state index in [0.717, 1.165) is 18.4 Å². The van der Waals surface area contributed by atoms with Gasteiger partial charge in [-0.15, -0.1) is 0 Å². The van der Waals surface area contributed by atoms with Crippen LogP contribution in [0.15, 0.2) is 35.9 Å². The van der Waals surface area contributed by atoms with Crippen molar-refractivity contribution in [3.63, 3.8) is 0 Å². The molecule has 4 unspecified atom stereocenters. The first-order valence-corrected chi connectivity index (χ1v) is 13.9. The van der Waals surface area contributed by atoms with Crippen molar-refractivity contribution in [1.82, 2.24) is 0 Å². The number of benzene rings is 1.